The van der Waals surface area contributed by atoms with Crippen LogP contribution in [0.5, 0.6) is 5.75 Å². The Morgan fingerprint density at radius 3 is 2.88 bits per heavy atom. The van der Waals surface area contributed by atoms with Gasteiger partial charge in [0.25, 0.3) is 0 Å². The van der Waals surface area contributed by atoms with Crippen LogP contribution >= 0.6 is 0 Å². The molecule has 1 unspecified atom stereocenters. The van der Waals surface area contributed by atoms with Crippen LogP contribution in [0.1, 0.15) is 24.5 Å². The second-order valence-electron chi connectivity index (χ2n) is 4.28. The molecule has 0 amide bonds. The minimum atomic E-state index is -0.785. The molecule has 1 N–H and O–H groups in total. The highest BCUT2D eigenvalue weighted by Gasteiger charge is 2.22. The van der Waals surface area contributed by atoms with Crippen LogP contribution in [0.2, 0.25) is 0 Å². The van der Waals surface area contributed by atoms with Gasteiger partial charge in [-0.3, -0.25) is 4.79 Å². The van der Waals surface area contributed by atoms with Crippen LogP contribution < -0.4 is 4.74 Å². The number of hydrogen-bond acceptors (Lipinski definition) is 2. The highest BCUT2D eigenvalue weighted by Crippen LogP contribution is 2.34. The van der Waals surface area contributed by atoms with Gasteiger partial charge in [0.2, 0.25) is 0 Å². The predicted molar refractivity (Wildman–Crippen MR) is 66.1 cm³/mol. The summed E-state index contributed by atoms with van der Waals surface area (Å²) in [5.41, 5.74) is 3.12. The number of allylic oxidation sites excluding steroid dienone is 1. The number of hydrogen-bond donors (Lipinski definition) is 1. The largest absolute Gasteiger partial charge is 0.497 e. The second-order valence-corrected chi connectivity index (χ2v) is 4.28. The first-order valence-electron chi connectivity index (χ1n) is 5.73. The minimum absolute atomic E-state index is 0.471. The average Bonchev–Trinajstić information content (AvgIpc) is 2.36. The lowest BCUT2D eigenvalue weighted by molar-refractivity contribution is -0.139. The summed E-state index contributed by atoms with van der Waals surface area (Å²) in [7, 11) is 1.62. The van der Waals surface area contributed by atoms with Crippen molar-refractivity contribution in [3.63, 3.8) is 0 Å². The van der Waals surface area contributed by atoms with Gasteiger partial charge in [-0.2, -0.15) is 0 Å². The zero-order chi connectivity index (χ0) is 12.4. The maximum absolute atomic E-state index is 11.1. The smallest absolute Gasteiger partial charge is 0.310 e. The summed E-state index contributed by atoms with van der Waals surface area (Å²) in [6.07, 6.45) is 3.90. The predicted octanol–water partition coefficient (Wildman–Crippen LogP) is 2.75. The molecule has 3 nitrogen and oxygen atoms in total. The summed E-state index contributed by atoms with van der Waals surface area (Å²) >= 11 is 0. The van der Waals surface area contributed by atoms with E-state index in [9.17, 15) is 4.79 Å². The van der Waals surface area contributed by atoms with Gasteiger partial charge in [0.1, 0.15) is 5.75 Å². The quantitative estimate of drug-likeness (QED) is 0.871. The number of carbonyl (C=O) groups is 1. The van der Waals surface area contributed by atoms with Crippen LogP contribution in [-0.4, -0.2) is 18.2 Å². The van der Waals surface area contributed by atoms with Gasteiger partial charge >= 0.3 is 5.97 Å². The van der Waals surface area contributed by atoms with Crippen molar-refractivity contribution in [3.05, 3.63) is 35.4 Å². The van der Waals surface area contributed by atoms with Gasteiger partial charge in [-0.25, -0.2) is 0 Å². The second kappa shape index (κ2) is 4.62. The van der Waals surface area contributed by atoms with Crippen LogP contribution in [0.25, 0.3) is 5.57 Å². The number of fused-ring (bicyclic) bond motifs is 1. The fourth-order valence-corrected chi connectivity index (χ4v) is 2.21. The van der Waals surface area contributed by atoms with Gasteiger partial charge in [-0.05, 0) is 48.6 Å². The van der Waals surface area contributed by atoms with Crippen molar-refractivity contribution in [2.45, 2.75) is 19.8 Å². The number of aliphatic carboxylic acids is 1. The van der Waals surface area contributed by atoms with Gasteiger partial charge in [-0.15, -0.1) is 0 Å². The molecule has 1 aromatic carbocycles. The molecule has 1 atom stereocenters. The third kappa shape index (κ3) is 2.18. The zero-order valence-corrected chi connectivity index (χ0v) is 10.1. The summed E-state index contributed by atoms with van der Waals surface area (Å²) in [4.78, 5) is 11.1. The molecule has 1 aromatic rings. The Morgan fingerprint density at radius 2 is 2.24 bits per heavy atom. The monoisotopic (exact) mass is 232 g/mol. The molecule has 0 spiro atoms. The lowest BCUT2D eigenvalue weighted by Crippen LogP contribution is -2.14. The van der Waals surface area contributed by atoms with E-state index in [0.29, 0.717) is 0 Å². The van der Waals surface area contributed by atoms with E-state index in [2.05, 4.69) is 0 Å². The Kier molecular flexibility index (Phi) is 3.18. The van der Waals surface area contributed by atoms with Crippen LogP contribution in [0.3, 0.4) is 0 Å². The summed E-state index contributed by atoms with van der Waals surface area (Å²) in [5, 5.41) is 9.11. The lowest BCUT2D eigenvalue weighted by atomic mass is 9.84. The van der Waals surface area contributed by atoms with Crippen molar-refractivity contribution in [3.8, 4) is 5.75 Å². The van der Waals surface area contributed by atoms with Crippen LogP contribution in [-0.2, 0) is 11.2 Å². The van der Waals surface area contributed by atoms with Crippen LogP contribution in [0.4, 0.5) is 0 Å². The SMILES string of the molecule is COc1ccc2c(c1)C(C(C)C(=O)O)=CCC2. The van der Waals surface area contributed by atoms with Crippen LogP contribution in [0, 0.1) is 5.92 Å². The van der Waals surface area contributed by atoms with E-state index in [1.54, 1.807) is 14.0 Å². The molecule has 3 heteroatoms. The Labute approximate surface area is 101 Å². The molecule has 1 aliphatic carbocycles. The Bertz CT molecular complexity index is 474. The summed E-state index contributed by atoms with van der Waals surface area (Å²) in [5.74, 6) is -0.484. The van der Waals surface area contributed by atoms with E-state index in [-0.39, 0.29) is 0 Å². The van der Waals surface area contributed by atoms with E-state index < -0.39 is 11.9 Å². The number of carboxylic acid groups (broad SMARTS) is 1. The molecule has 0 aliphatic heterocycles. The third-order valence-corrected chi connectivity index (χ3v) is 3.24. The van der Waals surface area contributed by atoms with E-state index >= 15 is 0 Å². The van der Waals surface area contributed by atoms with Crippen LogP contribution in [0.15, 0.2) is 24.3 Å². The molecule has 90 valence electrons. The summed E-state index contributed by atoms with van der Waals surface area (Å²) in [6.45, 7) is 1.72. The topological polar surface area (TPSA) is 46.5 Å². The Morgan fingerprint density at radius 1 is 1.47 bits per heavy atom. The molecule has 0 fully saturated rings. The highest BCUT2D eigenvalue weighted by molar-refractivity contribution is 5.88. The maximum atomic E-state index is 11.1. The fraction of sp³-hybridized carbons (Fsp3) is 0.357. The molecule has 0 heterocycles. The van der Waals surface area contributed by atoms with E-state index in [0.717, 1.165) is 29.7 Å². The van der Waals surface area contributed by atoms with Gasteiger partial charge in [-0.1, -0.05) is 12.1 Å². The van der Waals surface area contributed by atoms with E-state index in [1.807, 2.05) is 24.3 Å². The lowest BCUT2D eigenvalue weighted by Gasteiger charge is -2.21. The van der Waals surface area contributed by atoms with Crippen molar-refractivity contribution in [1.29, 1.82) is 0 Å². The number of rotatable bonds is 3. The van der Waals surface area contributed by atoms with Gasteiger partial charge in [0.15, 0.2) is 0 Å². The maximum Gasteiger partial charge on any atom is 0.310 e. The molecule has 0 saturated heterocycles. The molecule has 17 heavy (non-hydrogen) atoms. The standard InChI is InChI=1S/C14H16O3/c1-9(14(15)16)12-5-3-4-10-6-7-11(17-2)8-13(10)12/h5-9H,3-4H2,1-2H3,(H,15,16). The number of benzene rings is 1. The molecule has 0 radical (unpaired) electrons. The summed E-state index contributed by atoms with van der Waals surface area (Å²) in [6, 6.07) is 5.88. The van der Waals surface area contributed by atoms with Crippen molar-refractivity contribution in [1.82, 2.24) is 0 Å². The van der Waals surface area contributed by atoms with Crippen molar-refractivity contribution < 1.29 is 14.6 Å². The fourth-order valence-electron chi connectivity index (χ4n) is 2.21. The molecule has 0 aromatic heterocycles. The summed E-state index contributed by atoms with van der Waals surface area (Å²) < 4.78 is 5.19. The first kappa shape index (κ1) is 11.7. The molecular formula is C14H16O3. The molecule has 0 bridgehead atoms. The number of ether oxygens (including phenoxy) is 1. The van der Waals surface area contributed by atoms with Gasteiger partial charge in [0, 0.05) is 0 Å². The van der Waals surface area contributed by atoms with Crippen molar-refractivity contribution >= 4 is 11.5 Å². The van der Waals surface area contributed by atoms with Gasteiger partial charge < -0.3 is 9.84 Å². The van der Waals surface area contributed by atoms with E-state index in [4.69, 9.17) is 9.84 Å². The number of aryl methyl sites for hydroxylation is 1. The first-order valence-corrected chi connectivity index (χ1v) is 5.73. The van der Waals surface area contributed by atoms with Crippen molar-refractivity contribution in [2.24, 2.45) is 5.92 Å². The third-order valence-electron chi connectivity index (χ3n) is 3.24. The molecule has 2 rings (SSSR count). The number of methoxy groups -OCH3 is 1. The Hall–Kier alpha value is -1.77. The minimum Gasteiger partial charge on any atom is -0.497 e. The first-order chi connectivity index (χ1) is 8.13. The molecule has 1 aliphatic rings. The number of carboxylic acids is 1. The van der Waals surface area contributed by atoms with E-state index in [1.165, 1.54) is 5.56 Å². The highest BCUT2D eigenvalue weighted by atomic mass is 16.5. The van der Waals surface area contributed by atoms with Crippen molar-refractivity contribution in [2.75, 3.05) is 7.11 Å². The normalized spacial score (nSPS) is 15.8. The van der Waals surface area contributed by atoms with Gasteiger partial charge in [0.05, 0.1) is 13.0 Å². The zero-order valence-electron chi connectivity index (χ0n) is 10.1. The average molecular weight is 232 g/mol. The Balaban J connectivity index is 2.45. The molecule has 0 saturated carbocycles. The molecular weight excluding hydrogens is 216 g/mol.